The predicted molar refractivity (Wildman–Crippen MR) is 146 cm³/mol. The second-order valence-corrected chi connectivity index (χ2v) is 11.5. The molecule has 0 spiro atoms. The summed E-state index contributed by atoms with van der Waals surface area (Å²) in [4.78, 5) is 18.5. The first-order valence-electron chi connectivity index (χ1n) is 11.6. The van der Waals surface area contributed by atoms with Crippen LogP contribution in [0.1, 0.15) is 25.1 Å². The summed E-state index contributed by atoms with van der Waals surface area (Å²) in [6.07, 6.45) is 0.770. The summed E-state index contributed by atoms with van der Waals surface area (Å²) >= 11 is 2.80. The highest BCUT2D eigenvalue weighted by Crippen LogP contribution is 2.35. The van der Waals surface area contributed by atoms with E-state index in [2.05, 4.69) is 59.5 Å². The van der Waals surface area contributed by atoms with Crippen molar-refractivity contribution >= 4 is 45.5 Å². The van der Waals surface area contributed by atoms with Gasteiger partial charge in [-0.1, -0.05) is 78.5 Å². The van der Waals surface area contributed by atoms with Crippen molar-refractivity contribution in [1.29, 1.82) is 0 Å². The number of carbonyl (C=O) groups is 1. The maximum Gasteiger partial charge on any atom is 0.319 e. The van der Waals surface area contributed by atoms with E-state index in [1.807, 2.05) is 23.6 Å². The van der Waals surface area contributed by atoms with E-state index in [1.54, 1.807) is 13.8 Å². The number of carboxylic acids is 1. The number of fused-ring (bicyclic) bond motifs is 1. The Hall–Kier alpha value is -2.87. The lowest BCUT2D eigenvalue weighted by atomic mass is 10.1. The van der Waals surface area contributed by atoms with Gasteiger partial charge in [-0.05, 0) is 30.9 Å². The zero-order chi connectivity index (χ0) is 24.7. The first kappa shape index (κ1) is 25.2. The molecule has 4 rings (SSSR count). The Bertz CT molecular complexity index is 1250. The van der Waals surface area contributed by atoms with Crippen LogP contribution >= 0.6 is 23.1 Å². The third kappa shape index (κ3) is 6.84. The third-order valence-electron chi connectivity index (χ3n) is 5.75. The van der Waals surface area contributed by atoms with Crippen LogP contribution in [0, 0.1) is 0 Å². The zero-order valence-corrected chi connectivity index (χ0v) is 21.6. The number of rotatable bonds is 12. The van der Waals surface area contributed by atoms with Crippen LogP contribution in [0.15, 0.2) is 82.5 Å². The van der Waals surface area contributed by atoms with Crippen molar-refractivity contribution < 1.29 is 14.6 Å². The van der Waals surface area contributed by atoms with Gasteiger partial charge in [0.2, 0.25) is 0 Å². The van der Waals surface area contributed by atoms with Gasteiger partial charge in [-0.2, -0.15) is 0 Å². The maximum absolute atomic E-state index is 11.5. The van der Waals surface area contributed by atoms with E-state index in [4.69, 9.17) is 9.72 Å². The number of carboxylic acid groups (broad SMARTS) is 1. The Balaban J connectivity index is 1.45. The highest BCUT2D eigenvalue weighted by Gasteiger charge is 2.29. The van der Waals surface area contributed by atoms with Gasteiger partial charge in [0.05, 0.1) is 18.9 Å². The molecular weight excluding hydrogens is 476 g/mol. The summed E-state index contributed by atoms with van der Waals surface area (Å²) in [5.41, 5.74) is 3.33. The molecule has 7 heteroatoms. The molecule has 0 aliphatic rings. The zero-order valence-electron chi connectivity index (χ0n) is 20.0. The summed E-state index contributed by atoms with van der Waals surface area (Å²) in [6.45, 7) is 6.17. The van der Waals surface area contributed by atoms with Crippen LogP contribution in [0.4, 0.5) is 5.69 Å². The summed E-state index contributed by atoms with van der Waals surface area (Å²) in [5, 5.41) is 13.9. The van der Waals surface area contributed by atoms with Crippen LogP contribution in [0.25, 0.3) is 10.8 Å². The van der Waals surface area contributed by atoms with E-state index in [-0.39, 0.29) is 0 Å². The number of benzene rings is 3. The normalized spacial score (nSPS) is 11.6. The molecule has 0 radical (unpaired) electrons. The fourth-order valence-corrected chi connectivity index (χ4v) is 5.96. The Labute approximate surface area is 214 Å². The lowest BCUT2D eigenvalue weighted by Gasteiger charge is -2.26. The highest BCUT2D eigenvalue weighted by atomic mass is 32.2. The topological polar surface area (TPSA) is 62.7 Å². The molecule has 0 aliphatic heterocycles. The molecule has 0 unspecified atom stereocenters. The van der Waals surface area contributed by atoms with Gasteiger partial charge in [-0.15, -0.1) is 11.3 Å². The van der Waals surface area contributed by atoms with E-state index in [1.165, 1.54) is 45.1 Å². The quantitative estimate of drug-likeness (QED) is 0.174. The minimum absolute atomic E-state index is 0.594. The number of thioether (sulfide) groups is 1. The monoisotopic (exact) mass is 506 g/mol. The minimum atomic E-state index is -0.903. The molecule has 0 saturated heterocycles. The van der Waals surface area contributed by atoms with Crippen molar-refractivity contribution in [2.75, 3.05) is 24.6 Å². The lowest BCUT2D eigenvalue weighted by molar-refractivity contribution is -0.138. The number of hydrogen-bond donors (Lipinski definition) is 1. The minimum Gasteiger partial charge on any atom is -0.480 e. The molecular formula is C28H30N2O3S2. The van der Waals surface area contributed by atoms with E-state index in [9.17, 15) is 9.90 Å². The SMILES string of the molecule is CC(C)(Sc1nc(CCN(CCOCc2ccccc2)c2cccc3ccccc23)cs1)C(=O)O. The van der Waals surface area contributed by atoms with Crippen molar-refractivity contribution in [3.05, 3.63) is 89.4 Å². The fourth-order valence-electron chi connectivity index (χ4n) is 3.74. The summed E-state index contributed by atoms with van der Waals surface area (Å²) < 4.78 is 5.89. The number of aromatic nitrogens is 1. The largest absolute Gasteiger partial charge is 0.480 e. The van der Waals surface area contributed by atoms with Crippen LogP contribution < -0.4 is 4.90 Å². The second-order valence-electron chi connectivity index (χ2n) is 8.80. The molecule has 0 fully saturated rings. The Kier molecular flexibility index (Phi) is 8.44. The molecule has 3 aromatic carbocycles. The Morgan fingerprint density at radius 1 is 1.03 bits per heavy atom. The van der Waals surface area contributed by atoms with E-state index in [0.717, 1.165) is 29.5 Å². The molecule has 182 valence electrons. The van der Waals surface area contributed by atoms with Gasteiger partial charge >= 0.3 is 5.97 Å². The number of aliphatic carboxylic acids is 1. The summed E-state index contributed by atoms with van der Waals surface area (Å²) in [7, 11) is 0. The van der Waals surface area contributed by atoms with Crippen molar-refractivity contribution in [2.24, 2.45) is 0 Å². The average Bonchev–Trinajstić information content (AvgIpc) is 3.30. The van der Waals surface area contributed by atoms with Gasteiger partial charge in [0.25, 0.3) is 0 Å². The summed E-state index contributed by atoms with van der Waals surface area (Å²) in [5.74, 6) is -0.836. The first-order chi connectivity index (χ1) is 16.9. The Morgan fingerprint density at radius 3 is 2.57 bits per heavy atom. The van der Waals surface area contributed by atoms with Crippen LogP contribution in [0.5, 0.6) is 0 Å². The smallest absolute Gasteiger partial charge is 0.319 e. The number of ether oxygens (including phenoxy) is 1. The second kappa shape index (κ2) is 11.7. The van der Waals surface area contributed by atoms with Crippen LogP contribution in [-0.2, 0) is 22.6 Å². The van der Waals surface area contributed by atoms with Crippen molar-refractivity contribution in [2.45, 2.75) is 36.0 Å². The predicted octanol–water partition coefficient (Wildman–Crippen LogP) is 6.52. The first-order valence-corrected chi connectivity index (χ1v) is 13.3. The molecule has 0 atom stereocenters. The molecule has 4 aromatic rings. The highest BCUT2D eigenvalue weighted by molar-refractivity contribution is 8.03. The number of thiazole rings is 1. The molecule has 1 heterocycles. The van der Waals surface area contributed by atoms with Crippen molar-refractivity contribution in [1.82, 2.24) is 4.98 Å². The standard InChI is InChI=1S/C28H30N2O3S2/c1-28(2,26(31)32)35-27-29-23(20-34-27)15-16-30(17-18-33-19-21-9-4-3-5-10-21)25-14-8-12-22-11-6-7-13-24(22)25/h3-14,20H,15-19H2,1-2H3,(H,31,32). The van der Waals surface area contributed by atoms with Crippen LogP contribution in [0.3, 0.4) is 0 Å². The van der Waals surface area contributed by atoms with E-state index < -0.39 is 10.7 Å². The molecule has 0 bridgehead atoms. The van der Waals surface area contributed by atoms with Gasteiger partial charge in [0.1, 0.15) is 4.75 Å². The number of anilines is 1. The van der Waals surface area contributed by atoms with Gasteiger partial charge in [0.15, 0.2) is 4.34 Å². The van der Waals surface area contributed by atoms with Gasteiger partial charge < -0.3 is 14.7 Å². The fraction of sp³-hybridized carbons (Fsp3) is 0.286. The third-order valence-corrected chi connectivity index (χ3v) is 7.92. The lowest BCUT2D eigenvalue weighted by Crippen LogP contribution is -2.30. The van der Waals surface area contributed by atoms with E-state index >= 15 is 0 Å². The van der Waals surface area contributed by atoms with Gasteiger partial charge in [-0.25, -0.2) is 4.98 Å². The molecule has 35 heavy (non-hydrogen) atoms. The van der Waals surface area contributed by atoms with Crippen LogP contribution in [-0.4, -0.2) is 40.5 Å². The van der Waals surface area contributed by atoms with Gasteiger partial charge in [-0.3, -0.25) is 4.79 Å². The maximum atomic E-state index is 11.5. The average molecular weight is 507 g/mol. The van der Waals surface area contributed by atoms with Crippen molar-refractivity contribution in [3.63, 3.8) is 0 Å². The van der Waals surface area contributed by atoms with Gasteiger partial charge in [0, 0.05) is 36.0 Å². The number of nitrogens with zero attached hydrogens (tertiary/aromatic N) is 2. The number of hydrogen-bond acceptors (Lipinski definition) is 6. The molecule has 0 aliphatic carbocycles. The van der Waals surface area contributed by atoms with Crippen LogP contribution in [0.2, 0.25) is 0 Å². The molecule has 1 N–H and O–H groups in total. The molecule has 0 saturated carbocycles. The molecule has 0 amide bonds. The molecule has 5 nitrogen and oxygen atoms in total. The molecule has 1 aromatic heterocycles. The summed E-state index contributed by atoms with van der Waals surface area (Å²) in [6, 6.07) is 25.0. The van der Waals surface area contributed by atoms with E-state index in [0.29, 0.717) is 13.2 Å². The Morgan fingerprint density at radius 2 is 1.77 bits per heavy atom. The van der Waals surface area contributed by atoms with Crippen molar-refractivity contribution in [3.8, 4) is 0 Å².